The highest BCUT2D eigenvalue weighted by Crippen LogP contribution is 2.33. The Morgan fingerprint density at radius 1 is 1.03 bits per heavy atom. The van der Waals surface area contributed by atoms with Gasteiger partial charge in [-0.3, -0.25) is 0 Å². The number of aryl methyl sites for hydroxylation is 3. The van der Waals surface area contributed by atoms with Crippen LogP contribution in [0.2, 0.25) is 0 Å². The van der Waals surface area contributed by atoms with E-state index in [0.29, 0.717) is 11.8 Å². The molecular weight excluding hydrogens is 394 g/mol. The van der Waals surface area contributed by atoms with Crippen molar-refractivity contribution in [2.24, 2.45) is 5.73 Å². The number of rotatable bonds is 9. The van der Waals surface area contributed by atoms with Crippen LogP contribution in [0.3, 0.4) is 0 Å². The number of nitrogens with two attached hydrogens (primary N) is 1. The predicted molar refractivity (Wildman–Crippen MR) is 120 cm³/mol. The van der Waals surface area contributed by atoms with Gasteiger partial charge >= 0.3 is 0 Å². The molecule has 1 aromatic heterocycles. The molecule has 0 fully saturated rings. The first-order valence-electron chi connectivity index (χ1n) is 10.6. The highest BCUT2D eigenvalue weighted by molar-refractivity contribution is 5.63. The Balaban J connectivity index is 1.87. The Labute approximate surface area is 183 Å². The van der Waals surface area contributed by atoms with Gasteiger partial charge in [0.2, 0.25) is 11.8 Å². The van der Waals surface area contributed by atoms with Crippen LogP contribution in [0.25, 0.3) is 22.9 Å². The van der Waals surface area contributed by atoms with Gasteiger partial charge in [-0.15, -0.1) is 10.2 Å². The summed E-state index contributed by atoms with van der Waals surface area (Å²) in [6, 6.07) is 9.77. The van der Waals surface area contributed by atoms with Crippen molar-refractivity contribution in [3.05, 3.63) is 47.0 Å². The first-order valence-corrected chi connectivity index (χ1v) is 10.6. The van der Waals surface area contributed by atoms with Crippen molar-refractivity contribution in [3.63, 3.8) is 0 Å². The molecule has 1 heterocycles. The lowest BCUT2D eigenvalue weighted by atomic mass is 10.0. The molecule has 0 amide bonds. The van der Waals surface area contributed by atoms with E-state index in [4.69, 9.17) is 19.6 Å². The molecule has 0 saturated heterocycles. The monoisotopic (exact) mass is 425 g/mol. The van der Waals surface area contributed by atoms with Crippen LogP contribution in [-0.2, 0) is 6.42 Å². The zero-order valence-electron chi connectivity index (χ0n) is 18.8. The molecule has 0 bridgehead atoms. The first kappa shape index (κ1) is 22.8. The van der Waals surface area contributed by atoms with Crippen molar-refractivity contribution in [1.82, 2.24) is 10.2 Å². The summed E-state index contributed by atoms with van der Waals surface area (Å²) in [6.45, 7) is 10.3. The van der Waals surface area contributed by atoms with Crippen LogP contribution in [0.5, 0.6) is 11.5 Å². The average molecular weight is 426 g/mol. The second-order valence-electron chi connectivity index (χ2n) is 7.89. The molecule has 0 saturated carbocycles. The summed E-state index contributed by atoms with van der Waals surface area (Å²) < 4.78 is 17.6. The smallest absolute Gasteiger partial charge is 0.248 e. The van der Waals surface area contributed by atoms with Gasteiger partial charge in [-0.2, -0.15) is 0 Å². The third-order valence-corrected chi connectivity index (χ3v) is 4.88. The summed E-state index contributed by atoms with van der Waals surface area (Å²) in [5, 5.41) is 18.2. The minimum atomic E-state index is -0.692. The Hall–Kier alpha value is -2.90. The number of aliphatic hydroxyl groups excluding tert-OH is 1. The van der Waals surface area contributed by atoms with E-state index in [1.54, 1.807) is 0 Å². The van der Waals surface area contributed by atoms with Crippen LogP contribution in [0.15, 0.2) is 34.7 Å². The minimum absolute atomic E-state index is 0.112. The van der Waals surface area contributed by atoms with Crippen LogP contribution in [0.1, 0.15) is 37.5 Å². The number of aromatic nitrogens is 2. The summed E-state index contributed by atoms with van der Waals surface area (Å²) in [5.74, 6) is 2.50. The van der Waals surface area contributed by atoms with Gasteiger partial charge < -0.3 is 24.7 Å². The second-order valence-corrected chi connectivity index (χ2v) is 7.89. The maximum absolute atomic E-state index is 9.71. The van der Waals surface area contributed by atoms with E-state index >= 15 is 0 Å². The second kappa shape index (κ2) is 9.94. The lowest BCUT2D eigenvalue weighted by Gasteiger charge is -2.16. The third-order valence-electron chi connectivity index (χ3n) is 4.88. The van der Waals surface area contributed by atoms with Crippen LogP contribution in [-0.4, -0.2) is 40.7 Å². The standard InChI is InChI=1S/C24H31N3O4/c1-6-17-11-19(10-16(5)22(17)29-13-20(28)12-25)24-27-26-23(31-24)18-7-8-21(15(4)9-18)30-14(2)3/h7-11,14,20,28H,6,12-13,25H2,1-5H3. The number of aliphatic hydroxyl groups is 1. The lowest BCUT2D eigenvalue weighted by Crippen LogP contribution is -2.27. The zero-order chi connectivity index (χ0) is 22.5. The predicted octanol–water partition coefficient (Wildman–Crippen LogP) is 4.07. The van der Waals surface area contributed by atoms with Crippen molar-refractivity contribution >= 4 is 0 Å². The number of hydrogen-bond acceptors (Lipinski definition) is 7. The highest BCUT2D eigenvalue weighted by atomic mass is 16.5. The van der Waals surface area contributed by atoms with Gasteiger partial charge in [0.15, 0.2) is 0 Å². The van der Waals surface area contributed by atoms with E-state index in [2.05, 4.69) is 10.2 Å². The summed E-state index contributed by atoms with van der Waals surface area (Å²) in [6.07, 6.45) is 0.185. The van der Waals surface area contributed by atoms with E-state index in [9.17, 15) is 5.11 Å². The Morgan fingerprint density at radius 3 is 2.32 bits per heavy atom. The molecule has 3 rings (SSSR count). The highest BCUT2D eigenvalue weighted by Gasteiger charge is 2.16. The molecule has 7 nitrogen and oxygen atoms in total. The largest absolute Gasteiger partial charge is 0.491 e. The summed E-state index contributed by atoms with van der Waals surface area (Å²) in [5.41, 5.74) is 10.1. The maximum Gasteiger partial charge on any atom is 0.248 e. The third kappa shape index (κ3) is 5.42. The SMILES string of the molecule is CCc1cc(-c2nnc(-c3ccc(OC(C)C)c(C)c3)o2)cc(C)c1OCC(O)CN. The first-order chi connectivity index (χ1) is 14.8. The van der Waals surface area contributed by atoms with Gasteiger partial charge in [0.1, 0.15) is 24.2 Å². The molecule has 7 heteroatoms. The van der Waals surface area contributed by atoms with Crippen molar-refractivity contribution < 1.29 is 19.0 Å². The van der Waals surface area contributed by atoms with Gasteiger partial charge in [0.25, 0.3) is 0 Å². The molecule has 3 aromatic rings. The molecule has 0 aliphatic rings. The van der Waals surface area contributed by atoms with Crippen LogP contribution in [0.4, 0.5) is 0 Å². The van der Waals surface area contributed by atoms with Gasteiger partial charge in [-0.05, 0) is 81.1 Å². The molecule has 0 aliphatic carbocycles. The van der Waals surface area contributed by atoms with Gasteiger partial charge in [0, 0.05) is 17.7 Å². The molecule has 1 atom stereocenters. The minimum Gasteiger partial charge on any atom is -0.491 e. The molecule has 3 N–H and O–H groups in total. The zero-order valence-corrected chi connectivity index (χ0v) is 18.8. The quantitative estimate of drug-likeness (QED) is 0.532. The molecule has 1 unspecified atom stereocenters. The topological polar surface area (TPSA) is 104 Å². The summed E-state index contributed by atoms with van der Waals surface area (Å²) in [4.78, 5) is 0. The Bertz CT molecular complexity index is 1030. The number of nitrogens with zero attached hydrogens (tertiary/aromatic N) is 2. The average Bonchev–Trinajstić information content (AvgIpc) is 3.23. The molecule has 2 aromatic carbocycles. The van der Waals surface area contributed by atoms with Gasteiger partial charge in [-0.25, -0.2) is 0 Å². The Morgan fingerprint density at radius 2 is 1.71 bits per heavy atom. The van der Waals surface area contributed by atoms with Gasteiger partial charge in [-0.1, -0.05) is 6.92 Å². The fourth-order valence-electron chi connectivity index (χ4n) is 3.31. The van der Waals surface area contributed by atoms with E-state index < -0.39 is 6.10 Å². The van der Waals surface area contributed by atoms with Crippen LogP contribution in [0, 0.1) is 13.8 Å². The maximum atomic E-state index is 9.71. The Kier molecular flexibility index (Phi) is 7.30. The van der Waals surface area contributed by atoms with Crippen molar-refractivity contribution in [1.29, 1.82) is 0 Å². The van der Waals surface area contributed by atoms with Crippen LogP contribution >= 0.6 is 0 Å². The fourth-order valence-corrected chi connectivity index (χ4v) is 3.31. The fraction of sp³-hybridized carbons (Fsp3) is 0.417. The number of ether oxygens (including phenoxy) is 2. The van der Waals surface area contributed by atoms with E-state index in [0.717, 1.165) is 45.7 Å². The van der Waals surface area contributed by atoms with E-state index in [-0.39, 0.29) is 19.3 Å². The molecule has 31 heavy (non-hydrogen) atoms. The van der Waals surface area contributed by atoms with Crippen molar-refractivity contribution in [2.75, 3.05) is 13.2 Å². The molecule has 0 radical (unpaired) electrons. The van der Waals surface area contributed by atoms with E-state index in [1.165, 1.54) is 0 Å². The van der Waals surface area contributed by atoms with Gasteiger partial charge in [0.05, 0.1) is 6.10 Å². The lowest BCUT2D eigenvalue weighted by molar-refractivity contribution is 0.113. The molecule has 166 valence electrons. The summed E-state index contributed by atoms with van der Waals surface area (Å²) >= 11 is 0. The summed E-state index contributed by atoms with van der Waals surface area (Å²) in [7, 11) is 0. The molecule has 0 spiro atoms. The van der Waals surface area contributed by atoms with Crippen LogP contribution < -0.4 is 15.2 Å². The molecular formula is C24H31N3O4. The van der Waals surface area contributed by atoms with Crippen molar-refractivity contribution in [2.45, 2.75) is 53.2 Å². The normalized spacial score (nSPS) is 12.3. The van der Waals surface area contributed by atoms with Crippen molar-refractivity contribution in [3.8, 4) is 34.4 Å². The number of hydrogen-bond donors (Lipinski definition) is 2. The molecule has 0 aliphatic heterocycles. The van der Waals surface area contributed by atoms with E-state index in [1.807, 2.05) is 65.0 Å². The number of benzene rings is 2.